The molecule has 7 heteroatoms. The molecule has 0 aliphatic carbocycles. The second kappa shape index (κ2) is 11.2. The molecule has 2 heterocycles. The van der Waals surface area contributed by atoms with Gasteiger partial charge in [0.1, 0.15) is 0 Å². The maximum Gasteiger partial charge on any atom is 0.178 e. The van der Waals surface area contributed by atoms with E-state index in [4.69, 9.17) is 11.6 Å². The van der Waals surface area contributed by atoms with Gasteiger partial charge in [-0.25, -0.2) is 0 Å². The Morgan fingerprint density at radius 3 is 2.33 bits per heavy atom. The predicted molar refractivity (Wildman–Crippen MR) is 145 cm³/mol. The van der Waals surface area contributed by atoms with Crippen LogP contribution in [0.4, 0.5) is 0 Å². The van der Waals surface area contributed by atoms with Gasteiger partial charge in [0.15, 0.2) is 5.82 Å². The summed E-state index contributed by atoms with van der Waals surface area (Å²) in [4.78, 5) is 4.96. The van der Waals surface area contributed by atoms with Crippen LogP contribution in [0.2, 0.25) is 5.02 Å². The SMILES string of the molecule is Cc1cccc(C)c1-n1nnnc1[C@H](c1cccc(Cl)c1)N1CCN(CC=Cc2ccccc2)CC1. The van der Waals surface area contributed by atoms with Crippen molar-refractivity contribution in [2.24, 2.45) is 0 Å². The van der Waals surface area contributed by atoms with Gasteiger partial charge in [-0.2, -0.15) is 4.68 Å². The first-order chi connectivity index (χ1) is 17.6. The van der Waals surface area contributed by atoms with Crippen molar-refractivity contribution in [2.45, 2.75) is 19.9 Å². The molecule has 0 spiro atoms. The number of piperazine rings is 1. The van der Waals surface area contributed by atoms with Crippen LogP contribution in [-0.4, -0.2) is 62.7 Å². The van der Waals surface area contributed by atoms with Gasteiger partial charge in [0.05, 0.1) is 11.7 Å². The summed E-state index contributed by atoms with van der Waals surface area (Å²) >= 11 is 6.43. The van der Waals surface area contributed by atoms with Crippen molar-refractivity contribution in [2.75, 3.05) is 32.7 Å². The minimum Gasteiger partial charge on any atom is -0.297 e. The zero-order valence-corrected chi connectivity index (χ0v) is 21.5. The van der Waals surface area contributed by atoms with E-state index in [1.54, 1.807) is 0 Å². The molecule has 1 atom stereocenters. The lowest BCUT2D eigenvalue weighted by atomic mass is 10.0. The van der Waals surface area contributed by atoms with Crippen LogP contribution in [0.1, 0.15) is 34.1 Å². The Morgan fingerprint density at radius 2 is 1.61 bits per heavy atom. The smallest absolute Gasteiger partial charge is 0.178 e. The number of aromatic nitrogens is 4. The summed E-state index contributed by atoms with van der Waals surface area (Å²) < 4.78 is 1.91. The van der Waals surface area contributed by atoms with E-state index in [0.29, 0.717) is 5.02 Å². The molecule has 0 unspecified atom stereocenters. The van der Waals surface area contributed by atoms with Crippen molar-refractivity contribution in [1.29, 1.82) is 0 Å². The largest absolute Gasteiger partial charge is 0.297 e. The Hall–Kier alpha value is -3.32. The Kier molecular flexibility index (Phi) is 7.56. The average Bonchev–Trinajstić information content (AvgIpc) is 3.34. The molecule has 6 nitrogen and oxygen atoms in total. The van der Waals surface area contributed by atoms with E-state index < -0.39 is 0 Å². The van der Waals surface area contributed by atoms with Crippen molar-refractivity contribution < 1.29 is 0 Å². The van der Waals surface area contributed by atoms with Crippen molar-refractivity contribution in [3.63, 3.8) is 0 Å². The van der Waals surface area contributed by atoms with Crippen molar-refractivity contribution in [3.05, 3.63) is 112 Å². The zero-order valence-electron chi connectivity index (χ0n) is 20.8. The summed E-state index contributed by atoms with van der Waals surface area (Å²) in [7, 11) is 0. The molecule has 3 aromatic carbocycles. The van der Waals surface area contributed by atoms with Gasteiger partial charge >= 0.3 is 0 Å². The van der Waals surface area contributed by atoms with Crippen LogP contribution in [0, 0.1) is 13.8 Å². The molecule has 0 radical (unpaired) electrons. The van der Waals surface area contributed by atoms with E-state index in [2.05, 4.69) is 99.9 Å². The number of nitrogens with zero attached hydrogens (tertiary/aromatic N) is 6. The maximum absolute atomic E-state index is 6.43. The molecule has 4 aromatic rings. The van der Waals surface area contributed by atoms with Crippen LogP contribution in [0.15, 0.2) is 78.9 Å². The predicted octanol–water partition coefficient (Wildman–Crippen LogP) is 5.35. The number of benzene rings is 3. The number of tetrazole rings is 1. The normalized spacial score (nSPS) is 16.0. The Balaban J connectivity index is 1.39. The third-order valence-corrected chi connectivity index (χ3v) is 7.03. The van der Waals surface area contributed by atoms with E-state index in [1.807, 2.05) is 28.9 Å². The van der Waals surface area contributed by atoms with Gasteiger partial charge < -0.3 is 0 Å². The number of rotatable bonds is 7. The van der Waals surface area contributed by atoms with Crippen LogP contribution in [0.3, 0.4) is 0 Å². The number of aryl methyl sites for hydroxylation is 2. The van der Waals surface area contributed by atoms with Crippen LogP contribution in [-0.2, 0) is 0 Å². The highest BCUT2D eigenvalue weighted by molar-refractivity contribution is 6.30. The molecular formula is C29H31ClN6. The van der Waals surface area contributed by atoms with E-state index >= 15 is 0 Å². The van der Waals surface area contributed by atoms with Gasteiger partial charge in [-0.05, 0) is 58.7 Å². The van der Waals surface area contributed by atoms with Crippen molar-refractivity contribution in [1.82, 2.24) is 30.0 Å². The van der Waals surface area contributed by atoms with Crippen LogP contribution in [0.25, 0.3) is 11.8 Å². The van der Waals surface area contributed by atoms with Crippen LogP contribution < -0.4 is 0 Å². The monoisotopic (exact) mass is 498 g/mol. The lowest BCUT2D eigenvalue weighted by Gasteiger charge is -2.38. The van der Waals surface area contributed by atoms with E-state index in [9.17, 15) is 0 Å². The Morgan fingerprint density at radius 1 is 0.889 bits per heavy atom. The fraction of sp³-hybridized carbons (Fsp3) is 0.276. The van der Waals surface area contributed by atoms with Crippen molar-refractivity contribution in [3.8, 4) is 5.69 Å². The van der Waals surface area contributed by atoms with Gasteiger partial charge in [0, 0.05) is 37.7 Å². The summed E-state index contributed by atoms with van der Waals surface area (Å²) in [6.45, 7) is 8.91. The van der Waals surface area contributed by atoms with Gasteiger partial charge in [-0.15, -0.1) is 5.10 Å². The first-order valence-electron chi connectivity index (χ1n) is 12.4. The highest BCUT2D eigenvalue weighted by atomic mass is 35.5. The molecule has 1 aromatic heterocycles. The topological polar surface area (TPSA) is 50.1 Å². The third kappa shape index (κ3) is 5.41. The molecule has 36 heavy (non-hydrogen) atoms. The van der Waals surface area contributed by atoms with Crippen molar-refractivity contribution >= 4 is 17.7 Å². The molecule has 1 saturated heterocycles. The van der Waals surface area contributed by atoms with E-state index in [0.717, 1.165) is 60.9 Å². The first kappa shape index (κ1) is 24.4. The fourth-order valence-electron chi connectivity index (χ4n) is 4.97. The molecule has 1 aliphatic heterocycles. The average molecular weight is 499 g/mol. The molecule has 1 fully saturated rings. The van der Waals surface area contributed by atoms with E-state index in [-0.39, 0.29) is 6.04 Å². The van der Waals surface area contributed by atoms with Gasteiger partial charge in [0.2, 0.25) is 0 Å². The lowest BCUT2D eigenvalue weighted by molar-refractivity contribution is 0.113. The highest BCUT2D eigenvalue weighted by Crippen LogP contribution is 2.32. The molecule has 5 rings (SSSR count). The zero-order chi connectivity index (χ0) is 24.9. The summed E-state index contributed by atoms with van der Waals surface area (Å²) in [5.74, 6) is 0.812. The molecule has 184 valence electrons. The van der Waals surface area contributed by atoms with Crippen LogP contribution >= 0.6 is 11.6 Å². The molecule has 0 saturated carbocycles. The van der Waals surface area contributed by atoms with Gasteiger partial charge in [-0.3, -0.25) is 9.80 Å². The number of para-hydroxylation sites is 1. The van der Waals surface area contributed by atoms with E-state index in [1.165, 1.54) is 5.56 Å². The number of halogens is 1. The molecule has 0 N–H and O–H groups in total. The lowest BCUT2D eigenvalue weighted by Crippen LogP contribution is -2.48. The Bertz CT molecular complexity index is 1300. The fourth-order valence-corrected chi connectivity index (χ4v) is 5.17. The highest BCUT2D eigenvalue weighted by Gasteiger charge is 2.31. The standard InChI is InChI=1S/C29H31ClN6/c1-22-9-6-10-23(2)27(22)36-29(31-32-33-36)28(25-14-7-15-26(30)21-25)35-19-17-34(18-20-35)16-8-13-24-11-4-3-5-12-24/h3-15,21,28H,16-20H2,1-2H3/t28-/m0/s1. The second-order valence-electron chi connectivity index (χ2n) is 9.30. The number of hydrogen-bond donors (Lipinski definition) is 0. The molecule has 0 amide bonds. The summed E-state index contributed by atoms with van der Waals surface area (Å²) in [6, 6.07) is 24.7. The maximum atomic E-state index is 6.43. The molecule has 1 aliphatic rings. The third-order valence-electron chi connectivity index (χ3n) is 6.80. The minimum atomic E-state index is -0.0975. The minimum absolute atomic E-state index is 0.0975. The second-order valence-corrected chi connectivity index (χ2v) is 9.73. The van der Waals surface area contributed by atoms with Gasteiger partial charge in [-0.1, -0.05) is 84.4 Å². The van der Waals surface area contributed by atoms with Crippen LogP contribution in [0.5, 0.6) is 0 Å². The Labute approximate surface area is 217 Å². The first-order valence-corrected chi connectivity index (χ1v) is 12.8. The number of hydrogen-bond acceptors (Lipinski definition) is 5. The summed E-state index contributed by atoms with van der Waals surface area (Å²) in [5.41, 5.74) is 5.65. The molecule has 0 bridgehead atoms. The van der Waals surface area contributed by atoms with Gasteiger partial charge in [0.25, 0.3) is 0 Å². The quantitative estimate of drug-likeness (QED) is 0.343. The summed E-state index contributed by atoms with van der Waals surface area (Å²) in [5, 5.41) is 13.8. The summed E-state index contributed by atoms with van der Waals surface area (Å²) in [6.07, 6.45) is 4.45. The molecular weight excluding hydrogens is 468 g/mol.